The molecule has 2 heteroatoms. The Morgan fingerprint density at radius 3 is 2.88 bits per heavy atom. The Morgan fingerprint density at radius 1 is 1.88 bits per heavy atom. The van der Waals surface area contributed by atoms with Crippen molar-refractivity contribution in [1.82, 2.24) is 5.32 Å². The molecular weight excluding hydrogens is 102 g/mol. The second-order valence-electron chi connectivity index (χ2n) is 1.95. The molecule has 0 aromatic carbocycles. The minimum atomic E-state index is 0.148. The Balaban J connectivity index is 2.43. The Hall–Kier alpha value is -0.790. The van der Waals surface area contributed by atoms with E-state index in [1.165, 1.54) is 0 Å². The molecule has 0 unspecified atom stereocenters. The average molecular weight is 111 g/mol. The van der Waals surface area contributed by atoms with E-state index in [2.05, 4.69) is 11.9 Å². The Bertz CT molecular complexity index is 120. The van der Waals surface area contributed by atoms with E-state index in [4.69, 9.17) is 0 Å². The lowest BCUT2D eigenvalue weighted by Gasteiger charge is -1.98. The molecule has 8 heavy (non-hydrogen) atoms. The van der Waals surface area contributed by atoms with Crippen LogP contribution in [0, 0.1) is 0 Å². The maximum Gasteiger partial charge on any atom is 0.220 e. The van der Waals surface area contributed by atoms with Gasteiger partial charge in [-0.3, -0.25) is 4.79 Å². The number of carbonyl (C=O) groups is 1. The summed E-state index contributed by atoms with van der Waals surface area (Å²) in [6, 6.07) is 0.238. The first-order valence-corrected chi connectivity index (χ1v) is 2.75. The Morgan fingerprint density at radius 2 is 2.62 bits per heavy atom. The average Bonchev–Trinajstić information content (AvgIpc) is 2.14. The number of hydrogen-bond donors (Lipinski definition) is 1. The molecule has 0 saturated carbocycles. The van der Waals surface area contributed by atoms with E-state index in [0.717, 1.165) is 6.42 Å². The van der Waals surface area contributed by atoms with Crippen LogP contribution in [0.3, 0.4) is 0 Å². The maximum atomic E-state index is 10.5. The molecular formula is C6H9NO. The van der Waals surface area contributed by atoms with Crippen LogP contribution in [-0.2, 0) is 4.79 Å². The van der Waals surface area contributed by atoms with Gasteiger partial charge in [-0.2, -0.15) is 0 Å². The van der Waals surface area contributed by atoms with Crippen molar-refractivity contribution in [3.63, 3.8) is 0 Å². The van der Waals surface area contributed by atoms with Gasteiger partial charge in [-0.05, 0) is 6.42 Å². The van der Waals surface area contributed by atoms with Crippen LogP contribution in [0.25, 0.3) is 0 Å². The van der Waals surface area contributed by atoms with Gasteiger partial charge >= 0.3 is 0 Å². The van der Waals surface area contributed by atoms with Crippen LogP contribution in [-0.4, -0.2) is 11.9 Å². The molecule has 0 aliphatic carbocycles. The van der Waals surface area contributed by atoms with Gasteiger partial charge in [0.05, 0.1) is 0 Å². The van der Waals surface area contributed by atoms with Crippen molar-refractivity contribution < 1.29 is 4.79 Å². The standard InChI is InChI=1S/C6H9NO/c1-2-5-3-4-6(8)7-5/h2,5H,1,3-4H2,(H,7,8)/t5-/m1/s1. The van der Waals surface area contributed by atoms with Gasteiger partial charge in [-0.15, -0.1) is 6.58 Å². The van der Waals surface area contributed by atoms with E-state index in [9.17, 15) is 4.79 Å². The van der Waals surface area contributed by atoms with Crippen LogP contribution in [0.15, 0.2) is 12.7 Å². The molecule has 44 valence electrons. The van der Waals surface area contributed by atoms with Crippen molar-refractivity contribution in [2.45, 2.75) is 18.9 Å². The summed E-state index contributed by atoms with van der Waals surface area (Å²) in [5.41, 5.74) is 0. The fourth-order valence-electron chi connectivity index (χ4n) is 0.814. The number of amides is 1. The molecule has 1 N–H and O–H groups in total. The fourth-order valence-corrected chi connectivity index (χ4v) is 0.814. The van der Waals surface area contributed by atoms with Crippen LogP contribution in [0.4, 0.5) is 0 Å². The molecule has 0 aromatic rings. The van der Waals surface area contributed by atoms with Crippen molar-refractivity contribution in [3.8, 4) is 0 Å². The number of hydrogen-bond acceptors (Lipinski definition) is 1. The Kier molecular flexibility index (Phi) is 1.33. The maximum absolute atomic E-state index is 10.5. The van der Waals surface area contributed by atoms with Crippen molar-refractivity contribution >= 4 is 5.91 Å². The summed E-state index contributed by atoms with van der Waals surface area (Å²) in [5.74, 6) is 0.148. The zero-order valence-corrected chi connectivity index (χ0v) is 4.68. The summed E-state index contributed by atoms with van der Waals surface area (Å²) in [6.07, 6.45) is 3.35. The topological polar surface area (TPSA) is 29.1 Å². The predicted octanol–water partition coefficient (Wildman–Crippen LogP) is 0.451. The highest BCUT2D eigenvalue weighted by Crippen LogP contribution is 2.05. The van der Waals surface area contributed by atoms with Gasteiger partial charge in [0.1, 0.15) is 0 Å². The van der Waals surface area contributed by atoms with E-state index < -0.39 is 0 Å². The molecule has 1 saturated heterocycles. The molecule has 0 radical (unpaired) electrons. The molecule has 1 aliphatic heterocycles. The highest BCUT2D eigenvalue weighted by atomic mass is 16.1. The van der Waals surface area contributed by atoms with Crippen molar-refractivity contribution in [3.05, 3.63) is 12.7 Å². The summed E-state index contributed by atoms with van der Waals surface area (Å²) in [7, 11) is 0. The fraction of sp³-hybridized carbons (Fsp3) is 0.500. The molecule has 1 fully saturated rings. The van der Waals surface area contributed by atoms with Gasteiger partial charge in [-0.1, -0.05) is 6.08 Å². The largest absolute Gasteiger partial charge is 0.350 e. The minimum Gasteiger partial charge on any atom is -0.350 e. The van der Waals surface area contributed by atoms with Gasteiger partial charge in [0.25, 0.3) is 0 Å². The van der Waals surface area contributed by atoms with Gasteiger partial charge in [0, 0.05) is 12.5 Å². The van der Waals surface area contributed by atoms with E-state index >= 15 is 0 Å². The zero-order valence-electron chi connectivity index (χ0n) is 4.68. The minimum absolute atomic E-state index is 0.148. The van der Waals surface area contributed by atoms with Gasteiger partial charge in [0.15, 0.2) is 0 Å². The molecule has 1 amide bonds. The van der Waals surface area contributed by atoms with Crippen LogP contribution in [0.2, 0.25) is 0 Å². The Labute approximate surface area is 48.6 Å². The molecule has 0 aromatic heterocycles. The predicted molar refractivity (Wildman–Crippen MR) is 31.4 cm³/mol. The second kappa shape index (κ2) is 1.99. The van der Waals surface area contributed by atoms with Crippen molar-refractivity contribution in [2.24, 2.45) is 0 Å². The number of nitrogens with one attached hydrogen (secondary N) is 1. The lowest BCUT2D eigenvalue weighted by molar-refractivity contribution is -0.119. The molecule has 1 aliphatic rings. The third-order valence-electron chi connectivity index (χ3n) is 1.31. The van der Waals surface area contributed by atoms with Crippen LogP contribution < -0.4 is 5.32 Å². The summed E-state index contributed by atoms with van der Waals surface area (Å²) in [4.78, 5) is 10.5. The highest BCUT2D eigenvalue weighted by molar-refractivity contribution is 5.78. The molecule has 1 atom stereocenters. The van der Waals surface area contributed by atoms with E-state index in [1.807, 2.05) is 0 Å². The van der Waals surface area contributed by atoms with Gasteiger partial charge in [0.2, 0.25) is 5.91 Å². The quantitative estimate of drug-likeness (QED) is 0.489. The van der Waals surface area contributed by atoms with E-state index in [0.29, 0.717) is 6.42 Å². The van der Waals surface area contributed by atoms with Crippen LogP contribution in [0.5, 0.6) is 0 Å². The van der Waals surface area contributed by atoms with Gasteiger partial charge in [-0.25, -0.2) is 0 Å². The zero-order chi connectivity index (χ0) is 5.98. The third kappa shape index (κ3) is 0.886. The lowest BCUT2D eigenvalue weighted by Crippen LogP contribution is -2.22. The van der Waals surface area contributed by atoms with E-state index in [1.54, 1.807) is 6.08 Å². The summed E-state index contributed by atoms with van der Waals surface area (Å²) in [6.45, 7) is 3.56. The first kappa shape index (κ1) is 5.35. The molecule has 1 rings (SSSR count). The highest BCUT2D eigenvalue weighted by Gasteiger charge is 2.16. The summed E-state index contributed by atoms with van der Waals surface area (Å²) in [5, 5.41) is 2.75. The summed E-state index contributed by atoms with van der Waals surface area (Å²) < 4.78 is 0. The molecule has 1 heterocycles. The van der Waals surface area contributed by atoms with Crippen LogP contribution >= 0.6 is 0 Å². The first-order valence-electron chi connectivity index (χ1n) is 2.75. The molecule has 0 bridgehead atoms. The molecule has 2 nitrogen and oxygen atoms in total. The third-order valence-corrected chi connectivity index (χ3v) is 1.31. The van der Waals surface area contributed by atoms with Crippen molar-refractivity contribution in [1.29, 1.82) is 0 Å². The molecule has 0 spiro atoms. The number of rotatable bonds is 1. The van der Waals surface area contributed by atoms with E-state index in [-0.39, 0.29) is 11.9 Å². The van der Waals surface area contributed by atoms with Crippen LogP contribution in [0.1, 0.15) is 12.8 Å². The van der Waals surface area contributed by atoms with Crippen molar-refractivity contribution in [2.75, 3.05) is 0 Å². The normalized spacial score (nSPS) is 27.5. The monoisotopic (exact) mass is 111 g/mol. The smallest absolute Gasteiger partial charge is 0.220 e. The first-order chi connectivity index (χ1) is 3.83. The number of carbonyl (C=O) groups excluding carboxylic acids is 1. The second-order valence-corrected chi connectivity index (χ2v) is 1.95. The SMILES string of the molecule is C=C[C@@H]1CCC(=O)N1. The van der Waals surface area contributed by atoms with Gasteiger partial charge < -0.3 is 5.32 Å². The summed E-state index contributed by atoms with van der Waals surface area (Å²) >= 11 is 0. The lowest BCUT2D eigenvalue weighted by atomic mass is 10.2.